The van der Waals surface area contributed by atoms with Crippen molar-refractivity contribution in [3.05, 3.63) is 53.9 Å². The van der Waals surface area contributed by atoms with Gasteiger partial charge in [0.2, 0.25) is 0 Å². The van der Waals surface area contributed by atoms with E-state index in [9.17, 15) is 4.79 Å². The summed E-state index contributed by atoms with van der Waals surface area (Å²) in [5, 5.41) is 0. The van der Waals surface area contributed by atoms with Gasteiger partial charge in [0.05, 0.1) is 35.7 Å². The minimum Gasteiger partial charge on any atom is -0.494 e. The van der Waals surface area contributed by atoms with Crippen LogP contribution in [0.2, 0.25) is 0 Å². The number of carbonyl (C=O) groups excluding carboxylic acids is 1. The highest BCUT2D eigenvalue weighted by molar-refractivity contribution is 5.94. The molecule has 1 fully saturated rings. The molecule has 1 N–H and O–H groups in total. The third-order valence-corrected chi connectivity index (χ3v) is 4.60. The molecular formula is C20H21N3O3. The van der Waals surface area contributed by atoms with Gasteiger partial charge in [-0.3, -0.25) is 4.90 Å². The summed E-state index contributed by atoms with van der Waals surface area (Å²) in [5.41, 5.74) is 4.66. The third kappa shape index (κ3) is 2.87. The monoisotopic (exact) mass is 351 g/mol. The van der Waals surface area contributed by atoms with Crippen molar-refractivity contribution in [2.24, 2.45) is 0 Å². The third-order valence-electron chi connectivity index (χ3n) is 4.60. The van der Waals surface area contributed by atoms with Gasteiger partial charge < -0.3 is 14.5 Å². The van der Waals surface area contributed by atoms with Gasteiger partial charge >= 0.3 is 6.09 Å². The molecule has 2 aromatic carbocycles. The second-order valence-electron chi connectivity index (χ2n) is 6.44. The molecule has 1 saturated heterocycles. The number of hydrogen-bond donors (Lipinski definition) is 1. The number of benzene rings is 2. The molecular weight excluding hydrogens is 330 g/mol. The van der Waals surface area contributed by atoms with Gasteiger partial charge in [0.15, 0.2) is 0 Å². The summed E-state index contributed by atoms with van der Waals surface area (Å²) >= 11 is 0. The van der Waals surface area contributed by atoms with Gasteiger partial charge in [0, 0.05) is 0 Å². The van der Waals surface area contributed by atoms with Crippen LogP contribution in [-0.4, -0.2) is 29.3 Å². The van der Waals surface area contributed by atoms with Crippen LogP contribution >= 0.6 is 0 Å². The van der Waals surface area contributed by atoms with Crippen molar-refractivity contribution in [2.75, 3.05) is 18.1 Å². The molecule has 0 aliphatic carbocycles. The highest BCUT2D eigenvalue weighted by atomic mass is 16.6. The zero-order chi connectivity index (χ0) is 18.1. The number of fused-ring (bicyclic) bond motifs is 1. The van der Waals surface area contributed by atoms with E-state index in [1.54, 1.807) is 11.2 Å². The zero-order valence-corrected chi connectivity index (χ0v) is 14.9. The molecule has 6 heteroatoms. The number of aromatic amines is 1. The smallest absolute Gasteiger partial charge is 0.415 e. The van der Waals surface area contributed by atoms with Crippen molar-refractivity contribution in [1.82, 2.24) is 9.97 Å². The van der Waals surface area contributed by atoms with Crippen LogP contribution in [0.1, 0.15) is 30.5 Å². The van der Waals surface area contributed by atoms with Gasteiger partial charge in [-0.2, -0.15) is 0 Å². The Morgan fingerprint density at radius 2 is 2.12 bits per heavy atom. The minimum atomic E-state index is -0.337. The van der Waals surface area contributed by atoms with Gasteiger partial charge in [-0.25, -0.2) is 9.78 Å². The zero-order valence-electron chi connectivity index (χ0n) is 14.9. The Hall–Kier alpha value is -3.02. The molecule has 26 heavy (non-hydrogen) atoms. The van der Waals surface area contributed by atoms with Crippen molar-refractivity contribution >= 4 is 22.8 Å². The molecule has 1 aliphatic heterocycles. The second kappa shape index (κ2) is 6.71. The predicted octanol–water partition coefficient (Wildman–Crippen LogP) is 4.36. The SMILES string of the molecule is CCCOc1ccc(C2COC(=O)N2c2cc(C)c3[nH]cnc3c2)cc1. The van der Waals surface area contributed by atoms with Crippen LogP contribution < -0.4 is 9.64 Å². The number of nitrogens with one attached hydrogen (secondary N) is 1. The number of cyclic esters (lactones) is 1. The maximum Gasteiger partial charge on any atom is 0.415 e. The largest absolute Gasteiger partial charge is 0.494 e. The van der Waals surface area contributed by atoms with E-state index < -0.39 is 0 Å². The summed E-state index contributed by atoms with van der Waals surface area (Å²) in [4.78, 5) is 21.5. The number of nitrogens with zero attached hydrogens (tertiary/aromatic N) is 2. The Kier molecular flexibility index (Phi) is 4.24. The minimum absolute atomic E-state index is 0.168. The fourth-order valence-corrected chi connectivity index (χ4v) is 3.30. The standard InChI is InChI=1S/C20H21N3O3/c1-3-8-25-16-6-4-14(5-7-16)18-11-26-20(24)23(18)15-9-13(2)19-17(10-15)21-12-22-19/h4-7,9-10,12,18H,3,8,11H2,1-2H3,(H,21,22). The first-order chi connectivity index (χ1) is 12.7. The van der Waals surface area contributed by atoms with E-state index in [0.29, 0.717) is 13.2 Å². The van der Waals surface area contributed by atoms with E-state index in [0.717, 1.165) is 40.0 Å². The first kappa shape index (κ1) is 16.4. The maximum absolute atomic E-state index is 12.4. The molecule has 134 valence electrons. The highest BCUT2D eigenvalue weighted by Gasteiger charge is 2.35. The average Bonchev–Trinajstić information content (AvgIpc) is 3.27. The van der Waals surface area contributed by atoms with Crippen molar-refractivity contribution in [3.63, 3.8) is 0 Å². The van der Waals surface area contributed by atoms with Crippen LogP contribution in [0, 0.1) is 6.92 Å². The first-order valence-corrected chi connectivity index (χ1v) is 8.80. The lowest BCUT2D eigenvalue weighted by atomic mass is 10.1. The molecule has 1 aliphatic rings. The van der Waals surface area contributed by atoms with Crippen LogP contribution in [0.25, 0.3) is 11.0 Å². The predicted molar refractivity (Wildman–Crippen MR) is 99.6 cm³/mol. The van der Waals surface area contributed by atoms with Crippen LogP contribution in [-0.2, 0) is 4.74 Å². The number of aromatic nitrogens is 2. The second-order valence-corrected chi connectivity index (χ2v) is 6.44. The number of imidazole rings is 1. The van der Waals surface area contributed by atoms with Crippen LogP contribution in [0.15, 0.2) is 42.7 Å². The van der Waals surface area contributed by atoms with Crippen LogP contribution in [0.3, 0.4) is 0 Å². The van der Waals surface area contributed by atoms with Crippen LogP contribution in [0.5, 0.6) is 5.75 Å². The summed E-state index contributed by atoms with van der Waals surface area (Å²) in [6.45, 7) is 5.09. The fraction of sp³-hybridized carbons (Fsp3) is 0.300. The number of rotatable bonds is 5. The fourth-order valence-electron chi connectivity index (χ4n) is 3.30. The van der Waals surface area contributed by atoms with Gasteiger partial charge in [0.1, 0.15) is 12.4 Å². The van der Waals surface area contributed by atoms with Gasteiger partial charge in [-0.05, 0) is 48.7 Å². The molecule has 1 amide bonds. The number of H-pyrrole nitrogens is 1. The summed E-state index contributed by atoms with van der Waals surface area (Å²) in [6.07, 6.45) is 2.29. The molecule has 4 rings (SSSR count). The van der Waals surface area contributed by atoms with Crippen LogP contribution in [0.4, 0.5) is 10.5 Å². The van der Waals surface area contributed by atoms with E-state index in [1.807, 2.05) is 43.3 Å². The normalized spacial score (nSPS) is 16.9. The van der Waals surface area contributed by atoms with Gasteiger partial charge in [0.25, 0.3) is 0 Å². The number of anilines is 1. The molecule has 6 nitrogen and oxygen atoms in total. The van der Waals surface area contributed by atoms with Crippen molar-refractivity contribution in [1.29, 1.82) is 0 Å². The Labute approximate surface area is 151 Å². The Morgan fingerprint density at radius 3 is 2.88 bits per heavy atom. The topological polar surface area (TPSA) is 67.5 Å². The lowest BCUT2D eigenvalue weighted by Crippen LogP contribution is -2.27. The Bertz CT molecular complexity index is 933. The average molecular weight is 351 g/mol. The quantitative estimate of drug-likeness (QED) is 0.742. The molecule has 1 atom stereocenters. The molecule has 1 aromatic heterocycles. The number of amides is 1. The summed E-state index contributed by atoms with van der Waals surface area (Å²) in [6, 6.07) is 11.6. The number of aryl methyl sites for hydroxylation is 1. The molecule has 0 saturated carbocycles. The van der Waals surface area contributed by atoms with Crippen molar-refractivity contribution in [3.8, 4) is 5.75 Å². The molecule has 1 unspecified atom stereocenters. The van der Waals surface area contributed by atoms with Crippen molar-refractivity contribution < 1.29 is 14.3 Å². The van der Waals surface area contributed by atoms with Gasteiger partial charge in [-0.1, -0.05) is 19.1 Å². The molecule has 0 spiro atoms. The van der Waals surface area contributed by atoms with E-state index in [4.69, 9.17) is 9.47 Å². The lowest BCUT2D eigenvalue weighted by Gasteiger charge is -2.22. The number of ether oxygens (including phenoxy) is 2. The number of carbonyl (C=O) groups is 1. The molecule has 0 radical (unpaired) electrons. The van der Waals surface area contributed by atoms with E-state index in [-0.39, 0.29) is 12.1 Å². The van der Waals surface area contributed by atoms with E-state index in [2.05, 4.69) is 16.9 Å². The van der Waals surface area contributed by atoms with Crippen molar-refractivity contribution in [2.45, 2.75) is 26.3 Å². The highest BCUT2D eigenvalue weighted by Crippen LogP contribution is 2.35. The van der Waals surface area contributed by atoms with E-state index in [1.165, 1.54) is 0 Å². The summed E-state index contributed by atoms with van der Waals surface area (Å²) in [7, 11) is 0. The maximum atomic E-state index is 12.4. The lowest BCUT2D eigenvalue weighted by molar-refractivity contribution is 0.179. The molecule has 3 aromatic rings. The summed E-state index contributed by atoms with van der Waals surface area (Å²) < 4.78 is 11.0. The Morgan fingerprint density at radius 1 is 1.31 bits per heavy atom. The number of hydrogen-bond acceptors (Lipinski definition) is 4. The Balaban J connectivity index is 1.66. The van der Waals surface area contributed by atoms with E-state index >= 15 is 0 Å². The first-order valence-electron chi connectivity index (χ1n) is 8.80. The van der Waals surface area contributed by atoms with Gasteiger partial charge in [-0.15, -0.1) is 0 Å². The molecule has 2 heterocycles. The molecule has 0 bridgehead atoms. The summed E-state index contributed by atoms with van der Waals surface area (Å²) in [5.74, 6) is 0.834.